The molecule has 0 aliphatic carbocycles. The smallest absolute Gasteiger partial charge is 0.231 e. The number of fused-ring (bicyclic) bond motifs is 2. The number of nitrogens with zero attached hydrogens (tertiary/aromatic N) is 2. The lowest BCUT2D eigenvalue weighted by atomic mass is 9.82. The number of hydrogen-bond donors (Lipinski definition) is 0. The molecule has 0 amide bonds. The Morgan fingerprint density at radius 3 is 2.70 bits per heavy atom. The van der Waals surface area contributed by atoms with E-state index >= 15 is 0 Å². The van der Waals surface area contributed by atoms with Gasteiger partial charge >= 0.3 is 0 Å². The highest BCUT2D eigenvalue weighted by Crippen LogP contribution is 2.47. The average Bonchev–Trinajstić information content (AvgIpc) is 3.18. The Hall–Kier alpha value is -3.02. The maximum Gasteiger partial charge on any atom is 0.231 e. The van der Waals surface area contributed by atoms with Crippen LogP contribution in [0.1, 0.15) is 30.9 Å². The minimum Gasteiger partial charge on any atom is -0.454 e. The van der Waals surface area contributed by atoms with Crippen LogP contribution in [0.4, 0.5) is 5.69 Å². The van der Waals surface area contributed by atoms with Crippen molar-refractivity contribution < 1.29 is 14.4 Å². The predicted octanol–water partition coefficient (Wildman–Crippen LogP) is 4.09. The molecule has 0 radical (unpaired) electrons. The number of rotatable bonds is 4. The van der Waals surface area contributed by atoms with Gasteiger partial charge in [0.05, 0.1) is 5.92 Å². The first-order chi connectivity index (χ1) is 12.9. The summed E-state index contributed by atoms with van der Waals surface area (Å²) in [5.74, 6) is 0.957. The Morgan fingerprint density at radius 1 is 1.22 bits per heavy atom. The summed E-state index contributed by atoms with van der Waals surface area (Å²) in [5, 5.41) is 11.4. The Morgan fingerprint density at radius 2 is 1.96 bits per heavy atom. The van der Waals surface area contributed by atoms with Gasteiger partial charge < -0.3 is 14.4 Å². The van der Waals surface area contributed by atoms with Crippen LogP contribution in [0.15, 0.2) is 54.2 Å². The molecule has 6 heteroatoms. The Labute approximate surface area is 158 Å². The number of para-hydroxylation sites is 1. The van der Waals surface area contributed by atoms with E-state index in [9.17, 15) is 10.1 Å². The lowest BCUT2D eigenvalue weighted by Gasteiger charge is -2.26. The molecular weight excluding hydrogens is 344 g/mol. The molecule has 0 spiro atoms. The van der Waals surface area contributed by atoms with Crippen LogP contribution in [0.3, 0.4) is 0 Å². The van der Waals surface area contributed by atoms with Gasteiger partial charge in [0.25, 0.3) is 0 Å². The Bertz CT molecular complexity index is 936. The van der Waals surface area contributed by atoms with Crippen LogP contribution >= 0.6 is 0 Å². The van der Waals surface area contributed by atoms with Gasteiger partial charge in [-0.25, -0.2) is 0 Å². The quantitative estimate of drug-likeness (QED) is 0.602. The van der Waals surface area contributed by atoms with E-state index < -0.39 is 0 Å². The average molecular weight is 366 g/mol. The molecule has 6 nitrogen and oxygen atoms in total. The molecule has 140 valence electrons. The van der Waals surface area contributed by atoms with Crippen molar-refractivity contribution in [2.45, 2.75) is 25.2 Å². The van der Waals surface area contributed by atoms with Crippen molar-refractivity contribution in [1.82, 2.24) is 0 Å². The number of anilines is 1. The zero-order valence-electron chi connectivity index (χ0n) is 15.6. The molecule has 0 fully saturated rings. The topological polar surface area (TPSA) is 64.8 Å². The minimum absolute atomic E-state index is 0.177. The van der Waals surface area contributed by atoms with Crippen LogP contribution in [-0.2, 0) is 5.41 Å². The molecule has 2 aromatic rings. The second-order valence-electron chi connectivity index (χ2n) is 7.49. The lowest BCUT2D eigenvalue weighted by molar-refractivity contribution is -0.481. The minimum atomic E-state index is -0.361. The van der Waals surface area contributed by atoms with Crippen molar-refractivity contribution in [3.05, 3.63) is 75.5 Å². The van der Waals surface area contributed by atoms with E-state index in [2.05, 4.69) is 30.9 Å². The molecular formula is C21H22N2O4. The number of allylic oxidation sites excluding steroid dienone is 1. The van der Waals surface area contributed by atoms with Crippen molar-refractivity contribution in [2.24, 2.45) is 0 Å². The molecule has 0 N–H and O–H groups in total. The van der Waals surface area contributed by atoms with Crippen LogP contribution in [0.5, 0.6) is 11.5 Å². The molecule has 0 bridgehead atoms. The van der Waals surface area contributed by atoms with Crippen LogP contribution in [0, 0.1) is 10.1 Å². The predicted molar refractivity (Wildman–Crippen MR) is 103 cm³/mol. The first-order valence-corrected chi connectivity index (χ1v) is 8.95. The fraction of sp³-hybridized carbons (Fsp3) is 0.333. The normalized spacial score (nSPS) is 19.2. The molecule has 4 rings (SSSR count). The van der Waals surface area contributed by atoms with Crippen molar-refractivity contribution in [3.8, 4) is 11.5 Å². The van der Waals surface area contributed by atoms with Crippen LogP contribution in [-0.4, -0.2) is 25.3 Å². The highest BCUT2D eigenvalue weighted by molar-refractivity contribution is 5.70. The number of nitro groups is 1. The summed E-state index contributed by atoms with van der Waals surface area (Å²) in [6.45, 7) is 4.32. The maximum absolute atomic E-state index is 11.4. The molecule has 0 saturated carbocycles. The van der Waals surface area contributed by atoms with E-state index in [0.717, 1.165) is 16.9 Å². The number of hydrogen-bond acceptors (Lipinski definition) is 5. The fourth-order valence-corrected chi connectivity index (χ4v) is 4.05. The molecule has 27 heavy (non-hydrogen) atoms. The summed E-state index contributed by atoms with van der Waals surface area (Å²) in [7, 11) is 2.02. The molecule has 2 aromatic carbocycles. The van der Waals surface area contributed by atoms with E-state index in [4.69, 9.17) is 9.47 Å². The van der Waals surface area contributed by atoms with E-state index in [1.54, 1.807) is 0 Å². The van der Waals surface area contributed by atoms with Gasteiger partial charge in [0.2, 0.25) is 13.3 Å². The summed E-state index contributed by atoms with van der Waals surface area (Å²) in [6, 6.07) is 13.8. The van der Waals surface area contributed by atoms with Crippen molar-refractivity contribution in [2.75, 3.05) is 25.3 Å². The number of likely N-dealkylation sites (N-methyl/N-ethyl adjacent to an activating group) is 1. The first kappa shape index (κ1) is 17.4. The standard InChI is InChI=1S/C21H22N2O4/c1-21(2)16-6-4-5-7-17(16)22(3)20(21)11-15(12-23(24)25)14-8-9-18-19(10-14)27-13-26-18/h4-11,15H,12-13H2,1-3H3/b20-11-/t15-/m0/s1. The first-order valence-electron chi connectivity index (χ1n) is 8.95. The van der Waals surface area contributed by atoms with Crippen LogP contribution in [0.25, 0.3) is 0 Å². The third kappa shape index (κ3) is 2.91. The van der Waals surface area contributed by atoms with Gasteiger partial charge in [-0.15, -0.1) is 0 Å². The van der Waals surface area contributed by atoms with Gasteiger partial charge in [-0.05, 0) is 29.3 Å². The van der Waals surface area contributed by atoms with E-state index in [-0.39, 0.29) is 29.6 Å². The fourth-order valence-electron chi connectivity index (χ4n) is 4.05. The summed E-state index contributed by atoms with van der Waals surface area (Å²) in [6.07, 6.45) is 2.03. The highest BCUT2D eigenvalue weighted by atomic mass is 16.7. The molecule has 0 aromatic heterocycles. The monoisotopic (exact) mass is 366 g/mol. The van der Waals surface area contributed by atoms with Crippen molar-refractivity contribution in [1.29, 1.82) is 0 Å². The zero-order valence-corrected chi connectivity index (χ0v) is 15.6. The van der Waals surface area contributed by atoms with E-state index in [0.29, 0.717) is 11.5 Å². The van der Waals surface area contributed by atoms with E-state index in [1.165, 1.54) is 5.56 Å². The van der Waals surface area contributed by atoms with Gasteiger partial charge in [-0.1, -0.05) is 44.2 Å². The number of ether oxygens (including phenoxy) is 2. The van der Waals surface area contributed by atoms with Gasteiger partial charge in [0, 0.05) is 28.8 Å². The summed E-state index contributed by atoms with van der Waals surface area (Å²) < 4.78 is 10.8. The zero-order chi connectivity index (χ0) is 19.2. The van der Waals surface area contributed by atoms with Crippen LogP contribution < -0.4 is 14.4 Å². The van der Waals surface area contributed by atoms with Gasteiger partial charge in [0.1, 0.15) is 0 Å². The summed E-state index contributed by atoms with van der Waals surface area (Å²) >= 11 is 0. The van der Waals surface area contributed by atoms with Crippen molar-refractivity contribution in [3.63, 3.8) is 0 Å². The second-order valence-corrected chi connectivity index (χ2v) is 7.49. The molecule has 2 aliphatic heterocycles. The summed E-state index contributed by atoms with van der Waals surface area (Å²) in [5.41, 5.74) is 4.05. The van der Waals surface area contributed by atoms with Gasteiger partial charge in [0.15, 0.2) is 11.5 Å². The van der Waals surface area contributed by atoms with Gasteiger partial charge in [-0.3, -0.25) is 10.1 Å². The number of benzene rings is 2. The summed E-state index contributed by atoms with van der Waals surface area (Å²) in [4.78, 5) is 13.2. The molecule has 2 aliphatic rings. The Kier molecular flexibility index (Phi) is 4.06. The molecule has 0 saturated heterocycles. The second kappa shape index (κ2) is 6.30. The maximum atomic E-state index is 11.4. The lowest BCUT2D eigenvalue weighted by Crippen LogP contribution is -2.25. The van der Waals surface area contributed by atoms with Crippen molar-refractivity contribution >= 4 is 5.69 Å². The molecule has 1 atom stereocenters. The highest BCUT2D eigenvalue weighted by Gasteiger charge is 2.39. The third-order valence-corrected chi connectivity index (χ3v) is 5.47. The largest absolute Gasteiger partial charge is 0.454 e. The van der Waals surface area contributed by atoms with Gasteiger partial charge in [-0.2, -0.15) is 0 Å². The Balaban J connectivity index is 1.77. The SMILES string of the molecule is CN1/C(=C\[C@@H](C[N+](=O)[O-])c2ccc3c(c2)OCO3)C(C)(C)c2ccccc21. The van der Waals surface area contributed by atoms with E-state index in [1.807, 2.05) is 43.5 Å². The third-order valence-electron chi connectivity index (χ3n) is 5.47. The van der Waals surface area contributed by atoms with Crippen LogP contribution in [0.2, 0.25) is 0 Å². The molecule has 0 unspecified atom stereocenters. The molecule has 2 heterocycles.